The zero-order chi connectivity index (χ0) is 16.1. The van der Waals surface area contributed by atoms with Crippen LogP contribution in [-0.4, -0.2) is 24.8 Å². The molecule has 0 fully saturated rings. The molecule has 3 rings (SSSR count). The highest BCUT2D eigenvalue weighted by Crippen LogP contribution is 2.33. The van der Waals surface area contributed by atoms with Crippen molar-refractivity contribution in [3.05, 3.63) is 54.1 Å². The quantitative estimate of drug-likeness (QED) is 0.867. The maximum absolute atomic E-state index is 12.5. The van der Waals surface area contributed by atoms with Crippen LogP contribution < -0.4 is 9.64 Å². The minimum absolute atomic E-state index is 0.00903. The summed E-state index contributed by atoms with van der Waals surface area (Å²) in [5, 5.41) is 8.78. The Labute approximate surface area is 139 Å². The first-order valence-corrected chi connectivity index (χ1v) is 8.41. The van der Waals surface area contributed by atoms with Crippen molar-refractivity contribution in [2.24, 2.45) is 0 Å². The normalized spacial score (nSPS) is 13.6. The second kappa shape index (κ2) is 7.21. The van der Waals surface area contributed by atoms with Crippen molar-refractivity contribution in [2.45, 2.75) is 11.3 Å². The summed E-state index contributed by atoms with van der Waals surface area (Å²) in [5.41, 5.74) is 1.53. The van der Waals surface area contributed by atoms with E-state index in [1.54, 1.807) is 40.9 Å². The van der Waals surface area contributed by atoms with E-state index < -0.39 is 0 Å². The van der Waals surface area contributed by atoms with Crippen LogP contribution >= 0.6 is 11.8 Å². The highest BCUT2D eigenvalue weighted by atomic mass is 32.2. The fourth-order valence-corrected chi connectivity index (χ4v) is 3.43. The van der Waals surface area contributed by atoms with Crippen LogP contribution in [0.25, 0.3) is 0 Å². The first-order valence-electron chi connectivity index (χ1n) is 7.43. The summed E-state index contributed by atoms with van der Waals surface area (Å²) < 4.78 is 5.57. The summed E-state index contributed by atoms with van der Waals surface area (Å²) in [5.74, 6) is 1.55. The van der Waals surface area contributed by atoms with Gasteiger partial charge in [-0.15, -0.1) is 11.8 Å². The van der Waals surface area contributed by atoms with Crippen molar-refractivity contribution in [1.29, 1.82) is 5.26 Å². The number of nitriles is 1. The average molecular weight is 324 g/mol. The van der Waals surface area contributed by atoms with Gasteiger partial charge in [-0.2, -0.15) is 5.26 Å². The van der Waals surface area contributed by atoms with Crippen LogP contribution in [0.4, 0.5) is 5.69 Å². The number of benzene rings is 2. The van der Waals surface area contributed by atoms with Gasteiger partial charge in [-0.3, -0.25) is 4.79 Å². The summed E-state index contributed by atoms with van der Waals surface area (Å²) in [6, 6.07) is 16.8. The molecule has 2 aromatic rings. The van der Waals surface area contributed by atoms with Crippen molar-refractivity contribution < 1.29 is 9.53 Å². The lowest BCUT2D eigenvalue weighted by Crippen LogP contribution is -2.35. The van der Waals surface area contributed by atoms with Gasteiger partial charge in [-0.05, 0) is 48.6 Å². The highest BCUT2D eigenvalue weighted by Gasteiger charge is 2.21. The first kappa shape index (κ1) is 15.4. The minimum atomic E-state index is -0.0516. The van der Waals surface area contributed by atoms with Gasteiger partial charge in [0.05, 0.1) is 17.3 Å². The molecule has 0 atom stereocenters. The van der Waals surface area contributed by atoms with E-state index in [0.29, 0.717) is 17.9 Å². The number of nitrogens with zero attached hydrogens (tertiary/aromatic N) is 2. The minimum Gasteiger partial charge on any atom is -0.484 e. The molecule has 0 radical (unpaired) electrons. The highest BCUT2D eigenvalue weighted by molar-refractivity contribution is 7.99. The molecule has 0 bridgehead atoms. The van der Waals surface area contributed by atoms with Gasteiger partial charge in [0, 0.05) is 11.4 Å². The lowest BCUT2D eigenvalue weighted by molar-refractivity contribution is -0.120. The Kier molecular flexibility index (Phi) is 4.84. The summed E-state index contributed by atoms with van der Waals surface area (Å²) in [6.07, 6.45) is 0.960. The molecule has 1 aliphatic rings. The fraction of sp³-hybridized carbons (Fsp3) is 0.222. The Bertz CT molecular complexity index is 737. The van der Waals surface area contributed by atoms with Gasteiger partial charge in [0.2, 0.25) is 0 Å². The molecule has 0 aromatic heterocycles. The van der Waals surface area contributed by atoms with Gasteiger partial charge >= 0.3 is 0 Å². The van der Waals surface area contributed by atoms with Gasteiger partial charge in [-0.25, -0.2) is 0 Å². The molecule has 0 N–H and O–H groups in total. The molecule has 0 aliphatic carbocycles. The van der Waals surface area contributed by atoms with E-state index in [-0.39, 0.29) is 12.5 Å². The molecule has 1 heterocycles. The van der Waals surface area contributed by atoms with E-state index >= 15 is 0 Å². The number of carbonyl (C=O) groups excluding carboxylic acids is 1. The third kappa shape index (κ3) is 3.66. The van der Waals surface area contributed by atoms with Crippen molar-refractivity contribution in [1.82, 2.24) is 0 Å². The third-order valence-corrected chi connectivity index (χ3v) is 4.74. The van der Waals surface area contributed by atoms with Crippen LogP contribution in [0.2, 0.25) is 0 Å². The molecular weight excluding hydrogens is 308 g/mol. The predicted molar refractivity (Wildman–Crippen MR) is 90.8 cm³/mol. The molecule has 116 valence electrons. The molecule has 1 aliphatic heterocycles. The van der Waals surface area contributed by atoms with Crippen LogP contribution in [0.15, 0.2) is 53.4 Å². The van der Waals surface area contributed by atoms with Gasteiger partial charge < -0.3 is 9.64 Å². The van der Waals surface area contributed by atoms with E-state index in [4.69, 9.17) is 10.00 Å². The molecule has 0 unspecified atom stereocenters. The van der Waals surface area contributed by atoms with E-state index in [9.17, 15) is 4.79 Å². The fourth-order valence-electron chi connectivity index (χ4n) is 2.44. The number of carbonyl (C=O) groups is 1. The predicted octanol–water partition coefficient (Wildman–Crippen LogP) is 3.47. The van der Waals surface area contributed by atoms with Crippen LogP contribution in [0.5, 0.6) is 5.75 Å². The second-order valence-electron chi connectivity index (χ2n) is 5.14. The Hall–Kier alpha value is -2.45. The number of fused-ring (bicyclic) bond motifs is 1. The van der Waals surface area contributed by atoms with Crippen molar-refractivity contribution in [3.63, 3.8) is 0 Å². The number of anilines is 1. The van der Waals surface area contributed by atoms with Gasteiger partial charge in [0.15, 0.2) is 6.61 Å². The van der Waals surface area contributed by atoms with Crippen molar-refractivity contribution in [2.75, 3.05) is 23.8 Å². The molecule has 2 aromatic carbocycles. The zero-order valence-electron chi connectivity index (χ0n) is 12.6. The van der Waals surface area contributed by atoms with Crippen LogP contribution in [0.1, 0.15) is 12.0 Å². The zero-order valence-corrected chi connectivity index (χ0v) is 13.4. The Morgan fingerprint density at radius 1 is 1.22 bits per heavy atom. The topological polar surface area (TPSA) is 53.3 Å². The van der Waals surface area contributed by atoms with E-state index in [1.807, 2.05) is 24.3 Å². The number of ether oxygens (including phenoxy) is 1. The summed E-state index contributed by atoms with van der Waals surface area (Å²) in [7, 11) is 0. The number of hydrogen-bond donors (Lipinski definition) is 0. The molecule has 0 saturated carbocycles. The number of amides is 1. The summed E-state index contributed by atoms with van der Waals surface area (Å²) in [6.45, 7) is 0.699. The molecule has 0 saturated heterocycles. The number of thioether (sulfide) groups is 1. The van der Waals surface area contributed by atoms with E-state index in [2.05, 4.69) is 6.07 Å². The van der Waals surface area contributed by atoms with Crippen LogP contribution in [0, 0.1) is 11.3 Å². The number of rotatable bonds is 3. The molecular formula is C18H16N2O2S. The Morgan fingerprint density at radius 2 is 2.00 bits per heavy atom. The van der Waals surface area contributed by atoms with Crippen LogP contribution in [-0.2, 0) is 4.79 Å². The second-order valence-corrected chi connectivity index (χ2v) is 6.28. The molecule has 5 heteroatoms. The molecule has 1 amide bonds. The van der Waals surface area contributed by atoms with E-state index in [1.165, 1.54) is 0 Å². The molecule has 23 heavy (non-hydrogen) atoms. The van der Waals surface area contributed by atoms with Gasteiger partial charge in [-0.1, -0.05) is 12.1 Å². The Balaban J connectivity index is 1.69. The summed E-state index contributed by atoms with van der Waals surface area (Å²) in [4.78, 5) is 15.5. The van der Waals surface area contributed by atoms with Gasteiger partial charge in [0.25, 0.3) is 5.91 Å². The van der Waals surface area contributed by atoms with Crippen molar-refractivity contribution in [3.8, 4) is 11.8 Å². The molecule has 0 spiro atoms. The monoisotopic (exact) mass is 324 g/mol. The van der Waals surface area contributed by atoms with Gasteiger partial charge in [0.1, 0.15) is 5.75 Å². The van der Waals surface area contributed by atoms with Crippen molar-refractivity contribution >= 4 is 23.4 Å². The smallest absolute Gasteiger partial charge is 0.264 e. The molecule has 4 nitrogen and oxygen atoms in total. The lowest BCUT2D eigenvalue weighted by atomic mass is 10.2. The Morgan fingerprint density at radius 3 is 2.78 bits per heavy atom. The largest absolute Gasteiger partial charge is 0.484 e. The third-order valence-electron chi connectivity index (χ3n) is 3.59. The number of hydrogen-bond acceptors (Lipinski definition) is 4. The maximum Gasteiger partial charge on any atom is 0.264 e. The average Bonchev–Trinajstić information content (AvgIpc) is 2.82. The van der Waals surface area contributed by atoms with Crippen LogP contribution in [0.3, 0.4) is 0 Å². The summed E-state index contributed by atoms with van der Waals surface area (Å²) >= 11 is 1.78. The maximum atomic E-state index is 12.5. The first-order chi connectivity index (χ1) is 11.3. The standard InChI is InChI=1S/C18H16N2O2S/c19-12-14-6-8-15(9-7-14)22-13-18(21)20-10-3-11-23-17-5-2-1-4-16(17)20/h1-2,4-9H,3,10-11,13H2. The number of para-hydroxylation sites is 1. The lowest BCUT2D eigenvalue weighted by Gasteiger charge is -2.22. The van der Waals surface area contributed by atoms with E-state index in [0.717, 1.165) is 22.8 Å². The SMILES string of the molecule is N#Cc1ccc(OCC(=O)N2CCCSc3ccccc32)cc1.